The van der Waals surface area contributed by atoms with Gasteiger partial charge < -0.3 is 25.2 Å². The maximum atomic E-state index is 12.1. The number of hydrogen-bond acceptors (Lipinski definition) is 8. The quantitative estimate of drug-likeness (QED) is 0.367. The second-order valence-corrected chi connectivity index (χ2v) is 10.9. The molecule has 2 atom stereocenters. The van der Waals surface area contributed by atoms with Gasteiger partial charge in [0, 0.05) is 44.5 Å². The first-order chi connectivity index (χ1) is 16.3. The summed E-state index contributed by atoms with van der Waals surface area (Å²) in [6.45, 7) is 14.7. The van der Waals surface area contributed by atoms with E-state index in [1.165, 1.54) is 0 Å². The van der Waals surface area contributed by atoms with E-state index in [2.05, 4.69) is 25.8 Å². The molecule has 1 aliphatic rings. The summed E-state index contributed by atoms with van der Waals surface area (Å²) in [7, 11) is 0. The molecular weight excluding hydrogens is 450 g/mol. The molecule has 1 aliphatic heterocycles. The highest BCUT2D eigenvalue weighted by Gasteiger charge is 2.32. The fourth-order valence-electron chi connectivity index (χ4n) is 3.92. The average molecular weight is 494 g/mol. The lowest BCUT2D eigenvalue weighted by molar-refractivity contribution is 0.0522. The monoisotopic (exact) mass is 493 g/mol. The van der Waals surface area contributed by atoms with Crippen LogP contribution in [0, 0.1) is 5.92 Å². The number of aliphatic hydroxyl groups is 1. The second kappa shape index (κ2) is 13.0. The number of carbonyl (C=O) groups excluding carboxylic acids is 2. The van der Waals surface area contributed by atoms with Crippen LogP contribution in [0.25, 0.3) is 0 Å². The number of hydrogen-bond donors (Lipinski definition) is 4. The molecule has 0 aromatic carbocycles. The van der Waals surface area contributed by atoms with Gasteiger partial charge in [-0.2, -0.15) is 0 Å². The van der Waals surface area contributed by atoms with Gasteiger partial charge in [0.15, 0.2) is 0 Å². The summed E-state index contributed by atoms with van der Waals surface area (Å²) in [6, 6.07) is 5.80. The van der Waals surface area contributed by atoms with Gasteiger partial charge in [0.25, 0.3) is 0 Å². The van der Waals surface area contributed by atoms with Gasteiger partial charge in [0.05, 0.1) is 0 Å². The maximum absolute atomic E-state index is 12.1. The Bertz CT molecular complexity index is 821. The Morgan fingerprint density at radius 2 is 1.74 bits per heavy atom. The number of ether oxygens (including phenoxy) is 2. The van der Waals surface area contributed by atoms with Crippen molar-refractivity contribution in [1.29, 1.82) is 0 Å². The predicted molar refractivity (Wildman–Crippen MR) is 135 cm³/mol. The molecule has 1 aromatic rings. The van der Waals surface area contributed by atoms with Gasteiger partial charge in [-0.05, 0) is 79.0 Å². The zero-order valence-corrected chi connectivity index (χ0v) is 22.0. The van der Waals surface area contributed by atoms with E-state index < -0.39 is 23.4 Å². The molecule has 1 fully saturated rings. The lowest BCUT2D eigenvalue weighted by Crippen LogP contribution is -2.39. The van der Waals surface area contributed by atoms with E-state index >= 15 is 0 Å². The van der Waals surface area contributed by atoms with Crippen LogP contribution in [0.15, 0.2) is 18.2 Å². The Morgan fingerprint density at radius 3 is 2.40 bits per heavy atom. The summed E-state index contributed by atoms with van der Waals surface area (Å²) >= 11 is 0. The minimum absolute atomic E-state index is 0.147. The van der Waals surface area contributed by atoms with Gasteiger partial charge in [-0.15, -0.1) is 0 Å². The third-order valence-electron chi connectivity index (χ3n) is 5.26. The van der Waals surface area contributed by atoms with Gasteiger partial charge in [-0.3, -0.25) is 10.2 Å². The Hall–Kier alpha value is -2.43. The molecular formula is C25H43N5O5. The van der Waals surface area contributed by atoms with Crippen LogP contribution in [0.5, 0.6) is 0 Å². The fraction of sp³-hybridized carbons (Fsp3) is 0.720. The van der Waals surface area contributed by atoms with Gasteiger partial charge in [-0.25, -0.2) is 14.6 Å². The van der Waals surface area contributed by atoms with Crippen molar-refractivity contribution in [3.63, 3.8) is 0 Å². The Labute approximate surface area is 209 Å². The molecule has 1 saturated heterocycles. The van der Waals surface area contributed by atoms with Crippen LogP contribution < -0.4 is 16.0 Å². The predicted octanol–water partition coefficient (Wildman–Crippen LogP) is 2.77. The van der Waals surface area contributed by atoms with Crippen LogP contribution >= 0.6 is 0 Å². The minimum atomic E-state index is -0.583. The number of anilines is 1. The second-order valence-electron chi connectivity index (χ2n) is 10.9. The summed E-state index contributed by atoms with van der Waals surface area (Å²) in [6.07, 6.45) is 0.479. The van der Waals surface area contributed by atoms with Crippen LogP contribution in [-0.4, -0.2) is 83.8 Å². The number of amides is 2. The first-order valence-electron chi connectivity index (χ1n) is 12.3. The molecule has 10 heteroatoms. The molecule has 0 unspecified atom stereocenters. The molecule has 0 saturated carbocycles. The van der Waals surface area contributed by atoms with Crippen molar-refractivity contribution in [2.45, 2.75) is 71.6 Å². The highest BCUT2D eigenvalue weighted by molar-refractivity contribution is 5.83. The molecule has 198 valence electrons. The highest BCUT2D eigenvalue weighted by atomic mass is 16.6. The number of carbonyl (C=O) groups is 2. The number of aliphatic hydroxyl groups excluding tert-OH is 1. The number of alkyl carbamates (subject to hydrolysis) is 1. The molecule has 2 amide bonds. The summed E-state index contributed by atoms with van der Waals surface area (Å²) in [5.41, 5.74) is -0.225. The van der Waals surface area contributed by atoms with E-state index in [1.807, 2.05) is 53.7 Å². The standard InChI is InChI=1S/C25H43N5O5/c1-24(2,3)34-22(32)27-12-13-30-16-18(20(17-30)26-11-8-14-31)15-19-9-7-10-21(28-19)29-23(33)35-25(4,5)6/h7,9-10,18,20,26,31H,8,11-17H2,1-6H3,(H,27,32)(H,28,29,33)/t18-,20-/m0/s1. The zero-order chi connectivity index (χ0) is 26.1. The van der Waals surface area contributed by atoms with Crippen molar-refractivity contribution >= 4 is 18.0 Å². The molecule has 0 aliphatic carbocycles. The van der Waals surface area contributed by atoms with Crippen molar-refractivity contribution < 1.29 is 24.2 Å². The van der Waals surface area contributed by atoms with E-state index in [1.54, 1.807) is 6.07 Å². The topological polar surface area (TPSA) is 125 Å². The van der Waals surface area contributed by atoms with Crippen molar-refractivity contribution in [2.75, 3.05) is 44.6 Å². The van der Waals surface area contributed by atoms with Gasteiger partial charge in [0.2, 0.25) is 0 Å². The highest BCUT2D eigenvalue weighted by Crippen LogP contribution is 2.22. The molecule has 0 bridgehead atoms. The molecule has 4 N–H and O–H groups in total. The minimum Gasteiger partial charge on any atom is -0.444 e. The number of rotatable bonds is 10. The number of nitrogens with zero attached hydrogens (tertiary/aromatic N) is 2. The Balaban J connectivity index is 1.95. The lowest BCUT2D eigenvalue weighted by Gasteiger charge is -2.21. The average Bonchev–Trinajstić information content (AvgIpc) is 3.07. The molecule has 0 spiro atoms. The summed E-state index contributed by atoms with van der Waals surface area (Å²) in [5, 5.41) is 18.2. The molecule has 2 heterocycles. The van der Waals surface area contributed by atoms with E-state index in [0.717, 1.165) is 31.7 Å². The van der Waals surface area contributed by atoms with Crippen molar-refractivity contribution in [3.8, 4) is 0 Å². The third-order valence-corrected chi connectivity index (χ3v) is 5.26. The van der Waals surface area contributed by atoms with Crippen molar-refractivity contribution in [1.82, 2.24) is 20.5 Å². The summed E-state index contributed by atoms with van der Waals surface area (Å²) in [4.78, 5) is 30.9. The van der Waals surface area contributed by atoms with E-state index in [4.69, 9.17) is 14.6 Å². The third kappa shape index (κ3) is 11.7. The van der Waals surface area contributed by atoms with Crippen molar-refractivity contribution in [2.24, 2.45) is 5.92 Å². The van der Waals surface area contributed by atoms with Crippen LogP contribution in [0.3, 0.4) is 0 Å². The molecule has 2 rings (SSSR count). The van der Waals surface area contributed by atoms with E-state index in [-0.39, 0.29) is 12.6 Å². The first-order valence-corrected chi connectivity index (χ1v) is 12.3. The van der Waals surface area contributed by atoms with Gasteiger partial charge >= 0.3 is 12.2 Å². The van der Waals surface area contributed by atoms with Gasteiger partial charge in [-0.1, -0.05) is 6.07 Å². The lowest BCUT2D eigenvalue weighted by atomic mass is 9.97. The van der Waals surface area contributed by atoms with Gasteiger partial charge in [0.1, 0.15) is 17.0 Å². The number of aromatic nitrogens is 1. The van der Waals surface area contributed by atoms with Crippen LogP contribution in [-0.2, 0) is 15.9 Å². The molecule has 1 aromatic heterocycles. The molecule has 0 radical (unpaired) electrons. The fourth-order valence-corrected chi connectivity index (χ4v) is 3.92. The van der Waals surface area contributed by atoms with E-state index in [0.29, 0.717) is 31.2 Å². The Morgan fingerprint density at radius 1 is 1.06 bits per heavy atom. The first kappa shape index (κ1) is 28.8. The van der Waals surface area contributed by atoms with E-state index in [9.17, 15) is 9.59 Å². The number of nitrogens with one attached hydrogen (secondary N) is 3. The molecule has 10 nitrogen and oxygen atoms in total. The van der Waals surface area contributed by atoms with Crippen molar-refractivity contribution in [3.05, 3.63) is 23.9 Å². The summed E-state index contributed by atoms with van der Waals surface area (Å²) < 4.78 is 10.6. The van der Waals surface area contributed by atoms with Crippen LogP contribution in [0.2, 0.25) is 0 Å². The maximum Gasteiger partial charge on any atom is 0.413 e. The molecule has 35 heavy (non-hydrogen) atoms. The smallest absolute Gasteiger partial charge is 0.413 e. The van der Waals surface area contributed by atoms with Crippen LogP contribution in [0.1, 0.15) is 53.7 Å². The normalized spacial score (nSPS) is 18.8. The Kier molecular flexibility index (Phi) is 10.7. The largest absolute Gasteiger partial charge is 0.444 e. The SMILES string of the molecule is CC(C)(C)OC(=O)NCCN1C[C@H](Cc2cccc(NC(=O)OC(C)(C)C)n2)[C@@H](NCCCO)C1. The number of pyridine rings is 1. The zero-order valence-electron chi connectivity index (χ0n) is 22.0. The van der Waals surface area contributed by atoms with Crippen LogP contribution in [0.4, 0.5) is 15.4 Å². The summed E-state index contributed by atoms with van der Waals surface area (Å²) in [5.74, 6) is 0.748. The number of likely N-dealkylation sites (tertiary alicyclic amines) is 1.